The molecule has 1 aromatic heterocycles. The molecule has 0 aliphatic carbocycles. The Bertz CT molecular complexity index is 1200. The average molecular weight is 436 g/mol. The minimum absolute atomic E-state index is 0.263. The summed E-state index contributed by atoms with van der Waals surface area (Å²) in [5.74, 6) is 0.0700. The van der Waals surface area contributed by atoms with E-state index in [-0.39, 0.29) is 18.3 Å². The van der Waals surface area contributed by atoms with E-state index in [2.05, 4.69) is 10.4 Å². The van der Waals surface area contributed by atoms with E-state index in [4.69, 9.17) is 16.3 Å². The van der Waals surface area contributed by atoms with Crippen molar-refractivity contribution < 1.29 is 13.9 Å². The minimum atomic E-state index is -0.321. The van der Waals surface area contributed by atoms with Crippen LogP contribution in [0.2, 0.25) is 5.02 Å². The third-order valence-electron chi connectivity index (χ3n) is 4.75. The number of aromatic nitrogens is 2. The Morgan fingerprint density at radius 3 is 2.52 bits per heavy atom. The summed E-state index contributed by atoms with van der Waals surface area (Å²) in [6, 6.07) is 22.2. The highest BCUT2D eigenvalue weighted by molar-refractivity contribution is 6.30. The van der Waals surface area contributed by atoms with Crippen LogP contribution in [-0.4, -0.2) is 22.8 Å². The van der Waals surface area contributed by atoms with Crippen LogP contribution < -0.4 is 10.1 Å². The molecule has 4 aromatic rings. The van der Waals surface area contributed by atoms with Crippen molar-refractivity contribution in [3.05, 3.63) is 101 Å². The van der Waals surface area contributed by atoms with Gasteiger partial charge >= 0.3 is 0 Å². The lowest BCUT2D eigenvalue weighted by atomic mass is 10.1. The molecule has 0 aliphatic heterocycles. The van der Waals surface area contributed by atoms with Gasteiger partial charge in [0.15, 0.2) is 0 Å². The predicted octanol–water partition coefficient (Wildman–Crippen LogP) is 5.27. The lowest BCUT2D eigenvalue weighted by Gasteiger charge is -2.09. The van der Waals surface area contributed by atoms with Gasteiger partial charge in [0.25, 0.3) is 5.91 Å². The topological polar surface area (TPSA) is 56.1 Å². The summed E-state index contributed by atoms with van der Waals surface area (Å²) in [6.45, 7) is 0.263. The lowest BCUT2D eigenvalue weighted by molar-refractivity contribution is 0.0943. The lowest BCUT2D eigenvalue weighted by Crippen LogP contribution is -2.25. The van der Waals surface area contributed by atoms with Gasteiger partial charge in [-0.25, -0.2) is 9.07 Å². The smallest absolute Gasteiger partial charge is 0.270 e. The molecule has 0 bridgehead atoms. The quantitative estimate of drug-likeness (QED) is 0.449. The van der Waals surface area contributed by atoms with E-state index in [1.165, 1.54) is 12.1 Å². The highest BCUT2D eigenvalue weighted by atomic mass is 35.5. The van der Waals surface area contributed by atoms with Gasteiger partial charge in [0.05, 0.1) is 18.5 Å². The third kappa shape index (κ3) is 4.75. The molecule has 1 amide bonds. The summed E-state index contributed by atoms with van der Waals surface area (Å²) in [4.78, 5) is 13.0. The standard InChI is InChI=1S/C24H19ClFN3O2/c1-31-21-4-2-3-17(13-21)22-14-23(29(28-22)20-11-7-18(25)8-12-20)24(30)27-15-16-5-9-19(26)10-6-16/h2-14H,15H2,1H3,(H,27,30). The van der Waals surface area contributed by atoms with E-state index in [1.54, 1.807) is 54.3 Å². The molecule has 0 saturated heterocycles. The Morgan fingerprint density at radius 2 is 1.81 bits per heavy atom. The Labute approximate surface area is 184 Å². The van der Waals surface area contributed by atoms with Crippen molar-refractivity contribution in [2.75, 3.05) is 7.11 Å². The number of hydrogen-bond donors (Lipinski definition) is 1. The van der Waals surface area contributed by atoms with Crippen LogP contribution >= 0.6 is 11.6 Å². The van der Waals surface area contributed by atoms with E-state index in [9.17, 15) is 9.18 Å². The maximum absolute atomic E-state index is 13.1. The molecule has 1 heterocycles. The molecule has 3 aromatic carbocycles. The largest absolute Gasteiger partial charge is 0.497 e. The number of halogens is 2. The van der Waals surface area contributed by atoms with E-state index in [0.29, 0.717) is 27.8 Å². The second-order valence-electron chi connectivity index (χ2n) is 6.84. The van der Waals surface area contributed by atoms with Crippen molar-refractivity contribution in [2.45, 2.75) is 6.54 Å². The number of nitrogens with zero attached hydrogens (tertiary/aromatic N) is 2. The zero-order valence-corrected chi connectivity index (χ0v) is 17.4. The first kappa shape index (κ1) is 20.6. The molecule has 0 radical (unpaired) electrons. The third-order valence-corrected chi connectivity index (χ3v) is 5.00. The number of benzene rings is 3. The van der Waals surface area contributed by atoms with Gasteiger partial charge < -0.3 is 10.1 Å². The highest BCUT2D eigenvalue weighted by Gasteiger charge is 2.18. The Kier molecular flexibility index (Phi) is 6.00. The molecule has 0 spiro atoms. The van der Waals surface area contributed by atoms with Crippen LogP contribution in [0.3, 0.4) is 0 Å². The number of hydrogen-bond acceptors (Lipinski definition) is 3. The summed E-state index contributed by atoms with van der Waals surface area (Å²) >= 11 is 6.02. The second-order valence-corrected chi connectivity index (χ2v) is 7.28. The summed E-state index contributed by atoms with van der Waals surface area (Å²) in [7, 11) is 1.60. The number of carbonyl (C=O) groups is 1. The van der Waals surface area contributed by atoms with Crippen molar-refractivity contribution in [1.29, 1.82) is 0 Å². The molecular formula is C24H19ClFN3O2. The van der Waals surface area contributed by atoms with Crippen molar-refractivity contribution >= 4 is 17.5 Å². The number of amides is 1. The normalized spacial score (nSPS) is 10.7. The molecule has 0 saturated carbocycles. The van der Waals surface area contributed by atoms with Crippen LogP contribution in [0.4, 0.5) is 4.39 Å². The van der Waals surface area contributed by atoms with E-state index >= 15 is 0 Å². The van der Waals surface area contributed by atoms with Crippen molar-refractivity contribution in [2.24, 2.45) is 0 Å². The van der Waals surface area contributed by atoms with Crippen LogP contribution in [0, 0.1) is 5.82 Å². The van der Waals surface area contributed by atoms with E-state index in [0.717, 1.165) is 11.1 Å². The zero-order valence-electron chi connectivity index (χ0n) is 16.7. The number of methoxy groups -OCH3 is 1. The fourth-order valence-electron chi connectivity index (χ4n) is 3.12. The summed E-state index contributed by atoms with van der Waals surface area (Å²) in [5, 5.41) is 8.11. The monoisotopic (exact) mass is 435 g/mol. The zero-order chi connectivity index (χ0) is 21.8. The predicted molar refractivity (Wildman–Crippen MR) is 118 cm³/mol. The fraction of sp³-hybridized carbons (Fsp3) is 0.0833. The number of nitrogens with one attached hydrogen (secondary N) is 1. The van der Waals surface area contributed by atoms with E-state index in [1.807, 2.05) is 24.3 Å². The summed E-state index contributed by atoms with van der Waals surface area (Å²) in [5.41, 5.74) is 3.30. The van der Waals surface area contributed by atoms with Gasteiger partial charge in [0.2, 0.25) is 0 Å². The molecule has 0 aliphatic rings. The summed E-state index contributed by atoms with van der Waals surface area (Å²) < 4.78 is 20.0. The molecule has 1 N–H and O–H groups in total. The van der Waals surface area contributed by atoms with Crippen molar-refractivity contribution in [3.8, 4) is 22.7 Å². The van der Waals surface area contributed by atoms with Crippen LogP contribution in [0.25, 0.3) is 16.9 Å². The summed E-state index contributed by atoms with van der Waals surface area (Å²) in [6.07, 6.45) is 0. The maximum atomic E-state index is 13.1. The number of rotatable bonds is 6. The maximum Gasteiger partial charge on any atom is 0.270 e. The minimum Gasteiger partial charge on any atom is -0.497 e. The Morgan fingerprint density at radius 1 is 1.06 bits per heavy atom. The first-order chi connectivity index (χ1) is 15.0. The molecule has 0 atom stereocenters. The van der Waals surface area contributed by atoms with Gasteiger partial charge in [-0.1, -0.05) is 35.9 Å². The van der Waals surface area contributed by atoms with Gasteiger partial charge in [-0.15, -0.1) is 0 Å². The average Bonchev–Trinajstić information content (AvgIpc) is 3.25. The molecule has 7 heteroatoms. The highest BCUT2D eigenvalue weighted by Crippen LogP contribution is 2.25. The number of ether oxygens (including phenoxy) is 1. The van der Waals surface area contributed by atoms with Gasteiger partial charge in [-0.2, -0.15) is 5.10 Å². The van der Waals surface area contributed by atoms with Crippen molar-refractivity contribution in [3.63, 3.8) is 0 Å². The van der Waals surface area contributed by atoms with Gasteiger partial charge in [-0.3, -0.25) is 4.79 Å². The van der Waals surface area contributed by atoms with Gasteiger partial charge in [0, 0.05) is 17.1 Å². The molecule has 4 rings (SSSR count). The Balaban J connectivity index is 1.68. The molecular weight excluding hydrogens is 417 g/mol. The molecule has 156 valence electrons. The SMILES string of the molecule is COc1cccc(-c2cc(C(=O)NCc3ccc(F)cc3)n(-c3ccc(Cl)cc3)n2)c1. The van der Waals surface area contributed by atoms with Crippen LogP contribution in [0.1, 0.15) is 16.1 Å². The molecule has 5 nitrogen and oxygen atoms in total. The van der Waals surface area contributed by atoms with Gasteiger partial charge in [-0.05, 0) is 60.2 Å². The van der Waals surface area contributed by atoms with Crippen molar-refractivity contribution in [1.82, 2.24) is 15.1 Å². The first-order valence-electron chi connectivity index (χ1n) is 9.56. The Hall–Kier alpha value is -3.64. The first-order valence-corrected chi connectivity index (χ1v) is 9.94. The van der Waals surface area contributed by atoms with E-state index < -0.39 is 0 Å². The van der Waals surface area contributed by atoms with Crippen LogP contribution in [0.5, 0.6) is 5.75 Å². The molecule has 31 heavy (non-hydrogen) atoms. The fourth-order valence-corrected chi connectivity index (χ4v) is 3.25. The van der Waals surface area contributed by atoms with Crippen LogP contribution in [-0.2, 0) is 6.54 Å². The molecule has 0 fully saturated rings. The number of carbonyl (C=O) groups excluding carboxylic acids is 1. The van der Waals surface area contributed by atoms with Crippen LogP contribution in [0.15, 0.2) is 78.9 Å². The van der Waals surface area contributed by atoms with Gasteiger partial charge in [0.1, 0.15) is 17.3 Å². The molecule has 0 unspecified atom stereocenters. The second kappa shape index (κ2) is 9.02.